The van der Waals surface area contributed by atoms with Crippen molar-refractivity contribution in [3.05, 3.63) is 48.0 Å². The van der Waals surface area contributed by atoms with Gasteiger partial charge in [0.2, 0.25) is 10.0 Å². The Bertz CT molecular complexity index is 778. The van der Waals surface area contributed by atoms with Gasteiger partial charge in [-0.1, -0.05) is 0 Å². The van der Waals surface area contributed by atoms with E-state index in [9.17, 15) is 8.42 Å². The molecule has 0 radical (unpaired) electrons. The minimum atomic E-state index is -3.63. The average Bonchev–Trinajstić information content (AvgIpc) is 2.59. The van der Waals surface area contributed by atoms with Crippen LogP contribution in [-0.4, -0.2) is 28.7 Å². The molecule has 7 heteroatoms. The molecule has 0 heterocycles. The molecule has 0 aliphatic heterocycles. The van der Waals surface area contributed by atoms with Crippen LogP contribution in [0.4, 0.5) is 0 Å². The van der Waals surface area contributed by atoms with Gasteiger partial charge in [0.05, 0.1) is 25.2 Å². The second-order valence-corrected chi connectivity index (χ2v) is 7.45. The summed E-state index contributed by atoms with van der Waals surface area (Å²) < 4.78 is 43.3. The van der Waals surface area contributed by atoms with E-state index in [4.69, 9.17) is 14.2 Å². The number of sulfonamides is 1. The van der Waals surface area contributed by atoms with E-state index in [0.29, 0.717) is 17.2 Å². The molecule has 2 aromatic rings. The summed E-state index contributed by atoms with van der Waals surface area (Å²) in [6.45, 7) is 3.95. The van der Waals surface area contributed by atoms with Gasteiger partial charge in [0.25, 0.3) is 0 Å². The van der Waals surface area contributed by atoms with Gasteiger partial charge in [0.15, 0.2) is 0 Å². The van der Waals surface area contributed by atoms with E-state index in [1.807, 2.05) is 13.8 Å². The van der Waals surface area contributed by atoms with Crippen molar-refractivity contribution in [3.8, 4) is 17.2 Å². The van der Waals surface area contributed by atoms with Crippen LogP contribution < -0.4 is 18.9 Å². The van der Waals surface area contributed by atoms with Gasteiger partial charge < -0.3 is 14.2 Å². The third-order valence-electron chi connectivity index (χ3n) is 3.38. The Morgan fingerprint density at radius 1 is 0.920 bits per heavy atom. The van der Waals surface area contributed by atoms with Gasteiger partial charge in [-0.3, -0.25) is 0 Å². The third-order valence-corrected chi connectivity index (χ3v) is 4.80. The Morgan fingerprint density at radius 3 is 1.96 bits per heavy atom. The van der Waals surface area contributed by atoms with Gasteiger partial charge >= 0.3 is 0 Å². The summed E-state index contributed by atoms with van der Waals surface area (Å²) in [5.41, 5.74) is 0.736. The van der Waals surface area contributed by atoms with E-state index in [-0.39, 0.29) is 17.5 Å². The zero-order valence-corrected chi connectivity index (χ0v) is 15.6. The van der Waals surface area contributed by atoms with Crippen molar-refractivity contribution in [3.63, 3.8) is 0 Å². The SMILES string of the molecule is COc1cc(CNS(=O)(=O)c2ccc(OC(C)C)cc2)cc(OC)c1. The lowest BCUT2D eigenvalue weighted by Crippen LogP contribution is -2.23. The molecule has 0 fully saturated rings. The number of rotatable bonds is 8. The lowest BCUT2D eigenvalue weighted by Gasteiger charge is -2.12. The molecular formula is C18H23NO5S. The maximum Gasteiger partial charge on any atom is 0.240 e. The van der Waals surface area contributed by atoms with Crippen molar-refractivity contribution in [1.82, 2.24) is 4.72 Å². The highest BCUT2D eigenvalue weighted by molar-refractivity contribution is 7.89. The molecule has 0 aliphatic rings. The molecule has 0 saturated carbocycles. The van der Waals surface area contributed by atoms with Crippen molar-refractivity contribution < 1.29 is 22.6 Å². The first-order valence-electron chi connectivity index (χ1n) is 7.82. The number of hydrogen-bond donors (Lipinski definition) is 1. The van der Waals surface area contributed by atoms with E-state index in [1.165, 1.54) is 12.1 Å². The Labute approximate surface area is 148 Å². The average molecular weight is 365 g/mol. The lowest BCUT2D eigenvalue weighted by atomic mass is 10.2. The van der Waals surface area contributed by atoms with Gasteiger partial charge in [-0.15, -0.1) is 0 Å². The smallest absolute Gasteiger partial charge is 0.240 e. The maximum atomic E-state index is 12.4. The van der Waals surface area contributed by atoms with Crippen molar-refractivity contribution >= 4 is 10.0 Å². The van der Waals surface area contributed by atoms with Gasteiger partial charge in [0.1, 0.15) is 17.2 Å². The largest absolute Gasteiger partial charge is 0.497 e. The minimum Gasteiger partial charge on any atom is -0.497 e. The van der Waals surface area contributed by atoms with Crippen LogP contribution in [0, 0.1) is 0 Å². The van der Waals surface area contributed by atoms with E-state index >= 15 is 0 Å². The van der Waals surface area contributed by atoms with Crippen LogP contribution in [0.3, 0.4) is 0 Å². The van der Waals surface area contributed by atoms with Crippen LogP contribution in [0.5, 0.6) is 17.2 Å². The van der Waals surface area contributed by atoms with E-state index in [0.717, 1.165) is 5.56 Å². The molecule has 0 spiro atoms. The molecule has 2 aromatic carbocycles. The van der Waals surface area contributed by atoms with Crippen LogP contribution in [0.25, 0.3) is 0 Å². The lowest BCUT2D eigenvalue weighted by molar-refractivity contribution is 0.242. The van der Waals surface area contributed by atoms with Crippen LogP contribution in [0.15, 0.2) is 47.4 Å². The van der Waals surface area contributed by atoms with Gasteiger partial charge in [-0.2, -0.15) is 0 Å². The Morgan fingerprint density at radius 2 is 1.48 bits per heavy atom. The first-order valence-corrected chi connectivity index (χ1v) is 9.30. The third kappa shape index (κ3) is 5.37. The Hall–Kier alpha value is -2.25. The summed E-state index contributed by atoms with van der Waals surface area (Å²) >= 11 is 0. The highest BCUT2D eigenvalue weighted by Crippen LogP contribution is 2.23. The van der Waals surface area contributed by atoms with E-state index < -0.39 is 10.0 Å². The molecule has 2 rings (SSSR count). The summed E-state index contributed by atoms with van der Waals surface area (Å²) in [6.07, 6.45) is 0.0311. The topological polar surface area (TPSA) is 73.9 Å². The monoisotopic (exact) mass is 365 g/mol. The van der Waals surface area contributed by atoms with Gasteiger partial charge in [0, 0.05) is 12.6 Å². The summed E-state index contributed by atoms with van der Waals surface area (Å²) in [7, 11) is -0.540. The normalized spacial score (nSPS) is 11.4. The van der Waals surface area contributed by atoms with Crippen molar-refractivity contribution in [2.75, 3.05) is 14.2 Å². The van der Waals surface area contributed by atoms with Crippen molar-refractivity contribution in [2.45, 2.75) is 31.4 Å². The number of hydrogen-bond acceptors (Lipinski definition) is 5. The van der Waals surface area contributed by atoms with E-state index in [2.05, 4.69) is 4.72 Å². The standard InChI is InChI=1S/C18H23NO5S/c1-13(2)24-15-5-7-18(8-6-15)25(20,21)19-12-14-9-16(22-3)11-17(10-14)23-4/h5-11,13,19H,12H2,1-4H3. The fourth-order valence-electron chi connectivity index (χ4n) is 2.20. The molecule has 0 aromatic heterocycles. The molecular weight excluding hydrogens is 342 g/mol. The number of benzene rings is 2. The van der Waals surface area contributed by atoms with Crippen molar-refractivity contribution in [2.24, 2.45) is 0 Å². The molecule has 6 nitrogen and oxygen atoms in total. The zero-order valence-electron chi connectivity index (χ0n) is 14.8. The first-order chi connectivity index (χ1) is 11.8. The second-order valence-electron chi connectivity index (χ2n) is 5.68. The van der Waals surface area contributed by atoms with E-state index in [1.54, 1.807) is 44.6 Å². The van der Waals surface area contributed by atoms with Crippen LogP contribution >= 0.6 is 0 Å². The van der Waals surface area contributed by atoms with Gasteiger partial charge in [-0.25, -0.2) is 13.1 Å². The quantitative estimate of drug-likeness (QED) is 0.778. The zero-order chi connectivity index (χ0) is 18.4. The highest BCUT2D eigenvalue weighted by atomic mass is 32.2. The number of methoxy groups -OCH3 is 2. The summed E-state index contributed by atoms with van der Waals surface area (Å²) in [4.78, 5) is 0.179. The number of ether oxygens (including phenoxy) is 3. The molecule has 25 heavy (non-hydrogen) atoms. The summed E-state index contributed by atoms with van der Waals surface area (Å²) in [5.74, 6) is 1.83. The maximum absolute atomic E-state index is 12.4. The van der Waals surface area contributed by atoms with Crippen molar-refractivity contribution in [1.29, 1.82) is 0 Å². The summed E-state index contributed by atoms with van der Waals surface area (Å²) in [6, 6.07) is 11.6. The predicted molar refractivity (Wildman–Crippen MR) is 95.8 cm³/mol. The fourth-order valence-corrected chi connectivity index (χ4v) is 3.22. The Kier molecular flexibility index (Phi) is 6.27. The van der Waals surface area contributed by atoms with Crippen LogP contribution in [0.1, 0.15) is 19.4 Å². The Balaban J connectivity index is 2.11. The fraction of sp³-hybridized carbons (Fsp3) is 0.333. The second kappa shape index (κ2) is 8.22. The molecule has 0 amide bonds. The molecule has 0 bridgehead atoms. The molecule has 0 atom stereocenters. The predicted octanol–water partition coefficient (Wildman–Crippen LogP) is 2.97. The molecule has 0 unspecified atom stereocenters. The van der Waals surface area contributed by atoms with Crippen LogP contribution in [0.2, 0.25) is 0 Å². The van der Waals surface area contributed by atoms with Crippen LogP contribution in [-0.2, 0) is 16.6 Å². The molecule has 136 valence electrons. The number of nitrogens with one attached hydrogen (secondary N) is 1. The highest BCUT2D eigenvalue weighted by Gasteiger charge is 2.14. The minimum absolute atomic E-state index is 0.0311. The van der Waals surface area contributed by atoms with Gasteiger partial charge in [-0.05, 0) is 55.8 Å². The summed E-state index contributed by atoms with van der Waals surface area (Å²) in [5, 5.41) is 0. The first kappa shape index (κ1) is 19.1. The molecule has 1 N–H and O–H groups in total. The molecule has 0 saturated heterocycles. The molecule has 0 aliphatic carbocycles.